The van der Waals surface area contributed by atoms with Gasteiger partial charge < -0.3 is 9.84 Å². The molecule has 0 aromatic carbocycles. The first-order valence-corrected chi connectivity index (χ1v) is 4.13. The molecule has 11 heavy (non-hydrogen) atoms. The minimum Gasteiger partial charge on any atom is -0.480 e. The van der Waals surface area contributed by atoms with Crippen molar-refractivity contribution >= 4 is 18.6 Å². The second-order valence-electron chi connectivity index (χ2n) is 3.01. The van der Waals surface area contributed by atoms with Gasteiger partial charge in [-0.1, -0.05) is 0 Å². The fraction of sp³-hybridized carbons (Fsp3) is 0.857. The number of rotatable bonds is 2. The number of hydrogen-bond acceptors (Lipinski definition) is 3. The van der Waals surface area contributed by atoms with Crippen LogP contribution in [0, 0.1) is 0 Å². The molecule has 1 aliphatic heterocycles. The molecular weight excluding hydrogens is 164 g/mol. The lowest BCUT2D eigenvalue weighted by Gasteiger charge is -2.26. The minimum absolute atomic E-state index is 0.561. The molecule has 0 aliphatic carbocycles. The van der Waals surface area contributed by atoms with Crippen LogP contribution >= 0.6 is 12.6 Å². The van der Waals surface area contributed by atoms with Crippen molar-refractivity contribution in [3.63, 3.8) is 0 Å². The van der Waals surface area contributed by atoms with Crippen molar-refractivity contribution in [3.05, 3.63) is 0 Å². The molecule has 1 rings (SSSR count). The first-order chi connectivity index (χ1) is 5.06. The summed E-state index contributed by atoms with van der Waals surface area (Å²) in [5, 5.41) is 7.95. The lowest BCUT2D eigenvalue weighted by Crippen LogP contribution is -2.40. The largest absolute Gasteiger partial charge is 0.480 e. The van der Waals surface area contributed by atoms with Crippen LogP contribution in [0.2, 0.25) is 0 Å². The van der Waals surface area contributed by atoms with Gasteiger partial charge in [-0.05, 0) is 19.8 Å². The van der Waals surface area contributed by atoms with Crippen LogP contribution in [0.5, 0.6) is 0 Å². The molecule has 3 nitrogen and oxygen atoms in total. The van der Waals surface area contributed by atoms with Gasteiger partial charge in [0.1, 0.15) is 5.25 Å². The van der Waals surface area contributed by atoms with Gasteiger partial charge in [0.15, 0.2) is 0 Å². The molecule has 0 aromatic heterocycles. The van der Waals surface area contributed by atoms with Crippen molar-refractivity contribution in [3.8, 4) is 0 Å². The van der Waals surface area contributed by atoms with Crippen molar-refractivity contribution in [2.45, 2.75) is 30.6 Å². The molecule has 0 aromatic rings. The molecule has 2 atom stereocenters. The van der Waals surface area contributed by atoms with E-state index in [0.717, 1.165) is 12.8 Å². The molecule has 1 unspecified atom stereocenters. The maximum atomic E-state index is 10.5. The van der Waals surface area contributed by atoms with E-state index in [1.54, 1.807) is 6.92 Å². The summed E-state index contributed by atoms with van der Waals surface area (Å²) in [4.78, 5) is 10.5. The average molecular weight is 176 g/mol. The summed E-state index contributed by atoms with van der Waals surface area (Å²) in [5.74, 6) is -0.905. The Morgan fingerprint density at radius 2 is 2.45 bits per heavy atom. The van der Waals surface area contributed by atoms with Gasteiger partial charge >= 0.3 is 5.97 Å². The zero-order valence-corrected chi connectivity index (χ0v) is 7.30. The number of ether oxygens (including phenoxy) is 1. The SMILES string of the molecule is CC1([C@H](S)C(=O)O)CCCO1. The molecule has 0 amide bonds. The number of carboxylic acids is 1. The summed E-state index contributed by atoms with van der Waals surface area (Å²) >= 11 is 3.98. The van der Waals surface area contributed by atoms with E-state index in [9.17, 15) is 4.79 Å². The first-order valence-electron chi connectivity index (χ1n) is 3.61. The Bertz CT molecular complexity index is 163. The summed E-state index contributed by atoms with van der Waals surface area (Å²) in [6.45, 7) is 2.45. The minimum atomic E-state index is -0.905. The molecule has 1 aliphatic rings. The van der Waals surface area contributed by atoms with E-state index in [1.807, 2.05) is 0 Å². The Morgan fingerprint density at radius 1 is 1.82 bits per heavy atom. The monoisotopic (exact) mass is 176 g/mol. The fourth-order valence-corrected chi connectivity index (χ4v) is 1.48. The zero-order chi connectivity index (χ0) is 8.48. The van der Waals surface area contributed by atoms with Crippen LogP contribution in [-0.2, 0) is 9.53 Å². The zero-order valence-electron chi connectivity index (χ0n) is 6.41. The first kappa shape index (κ1) is 8.87. The maximum Gasteiger partial charge on any atom is 0.319 e. The second-order valence-corrected chi connectivity index (χ2v) is 3.52. The van der Waals surface area contributed by atoms with Gasteiger partial charge in [0.05, 0.1) is 5.60 Å². The highest BCUT2D eigenvalue weighted by Crippen LogP contribution is 2.31. The third kappa shape index (κ3) is 1.68. The molecule has 0 radical (unpaired) electrons. The summed E-state index contributed by atoms with van der Waals surface area (Å²) in [7, 11) is 0. The molecule has 1 heterocycles. The number of aliphatic carboxylic acids is 1. The molecule has 64 valence electrons. The van der Waals surface area contributed by atoms with Gasteiger partial charge in [0, 0.05) is 6.61 Å². The van der Waals surface area contributed by atoms with Crippen molar-refractivity contribution < 1.29 is 14.6 Å². The van der Waals surface area contributed by atoms with Gasteiger partial charge in [-0.15, -0.1) is 0 Å². The number of hydrogen-bond donors (Lipinski definition) is 2. The smallest absolute Gasteiger partial charge is 0.319 e. The van der Waals surface area contributed by atoms with Crippen molar-refractivity contribution in [1.29, 1.82) is 0 Å². The number of carbonyl (C=O) groups is 1. The van der Waals surface area contributed by atoms with Crippen LogP contribution in [0.25, 0.3) is 0 Å². The van der Waals surface area contributed by atoms with Gasteiger partial charge in [0.25, 0.3) is 0 Å². The molecule has 0 spiro atoms. The van der Waals surface area contributed by atoms with Crippen LogP contribution in [0.4, 0.5) is 0 Å². The van der Waals surface area contributed by atoms with E-state index in [0.29, 0.717) is 6.61 Å². The fourth-order valence-electron chi connectivity index (χ4n) is 1.28. The van der Waals surface area contributed by atoms with E-state index in [4.69, 9.17) is 9.84 Å². The quantitative estimate of drug-likeness (QED) is 0.615. The molecule has 1 saturated heterocycles. The van der Waals surface area contributed by atoms with Crippen LogP contribution < -0.4 is 0 Å². The standard InChI is InChI=1S/C7H12O3S/c1-7(3-2-4-10-7)5(11)6(8)9/h5,11H,2-4H2,1H3,(H,8,9)/t5-,7?/m1/s1. The molecule has 4 heteroatoms. The van der Waals surface area contributed by atoms with Crippen LogP contribution in [-0.4, -0.2) is 28.5 Å². The Hall–Kier alpha value is -0.220. The summed E-state index contributed by atoms with van der Waals surface area (Å²) in [6.07, 6.45) is 1.72. The van der Waals surface area contributed by atoms with E-state index in [2.05, 4.69) is 12.6 Å². The maximum absolute atomic E-state index is 10.5. The second kappa shape index (κ2) is 3.03. The summed E-state index contributed by atoms with van der Waals surface area (Å²) < 4.78 is 5.31. The third-order valence-corrected chi connectivity index (χ3v) is 2.83. The topological polar surface area (TPSA) is 46.5 Å². The summed E-state index contributed by atoms with van der Waals surface area (Å²) in [5.41, 5.74) is -0.561. The van der Waals surface area contributed by atoms with Gasteiger partial charge in [-0.3, -0.25) is 4.79 Å². The number of carboxylic acid groups (broad SMARTS) is 1. The molecule has 1 N–H and O–H groups in total. The van der Waals surface area contributed by atoms with Gasteiger partial charge in [-0.25, -0.2) is 0 Å². The summed E-state index contributed by atoms with van der Waals surface area (Å²) in [6, 6.07) is 0. The molecule has 0 saturated carbocycles. The number of thiol groups is 1. The Morgan fingerprint density at radius 3 is 2.82 bits per heavy atom. The van der Waals surface area contributed by atoms with Crippen LogP contribution in [0.1, 0.15) is 19.8 Å². The van der Waals surface area contributed by atoms with E-state index >= 15 is 0 Å². The average Bonchev–Trinajstić information content (AvgIpc) is 2.35. The Labute approximate surface area is 71.1 Å². The van der Waals surface area contributed by atoms with Crippen LogP contribution in [0.15, 0.2) is 0 Å². The highest BCUT2D eigenvalue weighted by Gasteiger charge is 2.40. The van der Waals surface area contributed by atoms with Crippen molar-refractivity contribution in [2.75, 3.05) is 6.61 Å². The lowest BCUT2D eigenvalue weighted by atomic mass is 9.98. The lowest BCUT2D eigenvalue weighted by molar-refractivity contribution is -0.141. The highest BCUT2D eigenvalue weighted by molar-refractivity contribution is 7.81. The van der Waals surface area contributed by atoms with Gasteiger partial charge in [-0.2, -0.15) is 12.6 Å². The van der Waals surface area contributed by atoms with E-state index < -0.39 is 16.8 Å². The van der Waals surface area contributed by atoms with E-state index in [-0.39, 0.29) is 0 Å². The molecule has 1 fully saturated rings. The predicted octanol–water partition coefficient (Wildman–Crippen LogP) is 0.939. The van der Waals surface area contributed by atoms with E-state index in [1.165, 1.54) is 0 Å². The third-order valence-electron chi connectivity index (χ3n) is 2.06. The molecule has 0 bridgehead atoms. The Kier molecular flexibility index (Phi) is 2.44. The van der Waals surface area contributed by atoms with Crippen molar-refractivity contribution in [1.82, 2.24) is 0 Å². The van der Waals surface area contributed by atoms with Crippen LogP contribution in [0.3, 0.4) is 0 Å². The predicted molar refractivity (Wildman–Crippen MR) is 44.0 cm³/mol. The normalized spacial score (nSPS) is 33.6. The Balaban J connectivity index is 2.63. The molecular formula is C7H12O3S. The van der Waals surface area contributed by atoms with Gasteiger partial charge in [0.2, 0.25) is 0 Å². The van der Waals surface area contributed by atoms with Crippen molar-refractivity contribution in [2.24, 2.45) is 0 Å². The highest BCUT2D eigenvalue weighted by atomic mass is 32.1.